The molecule has 0 aliphatic heterocycles. The summed E-state index contributed by atoms with van der Waals surface area (Å²) in [7, 11) is 0. The highest BCUT2D eigenvalue weighted by molar-refractivity contribution is 5.76. The van der Waals surface area contributed by atoms with Crippen LogP contribution in [0.3, 0.4) is 0 Å². The molecule has 1 N–H and O–H groups in total. The number of fused-ring (bicyclic) bond motifs is 1. The van der Waals surface area contributed by atoms with E-state index < -0.39 is 6.16 Å². The number of carbonyl (C=O) groups is 1. The van der Waals surface area contributed by atoms with Crippen molar-refractivity contribution in [2.75, 3.05) is 0 Å². The zero-order valence-corrected chi connectivity index (χ0v) is 14.8. The fraction of sp³-hybridized carbons (Fsp3) is 0.0909. The molecule has 134 valence electrons. The predicted molar refractivity (Wildman–Crippen MR) is 104 cm³/mol. The van der Waals surface area contributed by atoms with Crippen molar-refractivity contribution in [2.24, 2.45) is 0 Å². The largest absolute Gasteiger partial charge is 0.511 e. The van der Waals surface area contributed by atoms with Crippen molar-refractivity contribution in [3.05, 3.63) is 84.2 Å². The molecule has 0 bridgehead atoms. The number of aromatic nitrogens is 2. The Morgan fingerprint density at radius 3 is 2.48 bits per heavy atom. The minimum absolute atomic E-state index is 0.328. The molecule has 0 amide bonds. The number of benzene rings is 3. The van der Waals surface area contributed by atoms with Gasteiger partial charge in [0.1, 0.15) is 11.6 Å². The third kappa shape index (κ3) is 3.40. The molecule has 0 saturated carbocycles. The van der Waals surface area contributed by atoms with E-state index in [1.807, 2.05) is 61.5 Å². The molecule has 0 fully saturated rings. The Labute approximate surface area is 156 Å². The van der Waals surface area contributed by atoms with E-state index in [1.165, 1.54) is 0 Å². The summed E-state index contributed by atoms with van der Waals surface area (Å²) in [4.78, 5) is 15.5. The highest BCUT2D eigenvalue weighted by Crippen LogP contribution is 2.30. The zero-order chi connectivity index (χ0) is 18.8. The summed E-state index contributed by atoms with van der Waals surface area (Å²) in [5.74, 6) is 1.30. The van der Waals surface area contributed by atoms with Crippen molar-refractivity contribution < 1.29 is 14.6 Å². The Bertz CT molecular complexity index is 1110. The maximum atomic E-state index is 10.9. The van der Waals surface area contributed by atoms with Gasteiger partial charge in [0, 0.05) is 12.1 Å². The molecule has 0 unspecified atom stereocenters. The van der Waals surface area contributed by atoms with E-state index in [-0.39, 0.29) is 0 Å². The van der Waals surface area contributed by atoms with Gasteiger partial charge in [0.2, 0.25) is 0 Å². The second-order valence-corrected chi connectivity index (χ2v) is 6.29. The second-order valence-electron chi connectivity index (χ2n) is 6.29. The first-order valence-electron chi connectivity index (χ1n) is 8.63. The molecule has 3 aromatic carbocycles. The first kappa shape index (κ1) is 16.8. The SMILES string of the molecule is Cc1nc2ccccc2n1Cc1ccc(-c2ccccc2OC(=O)O)cc1. The van der Waals surface area contributed by atoms with Crippen LogP contribution in [-0.4, -0.2) is 20.8 Å². The minimum atomic E-state index is -1.32. The van der Waals surface area contributed by atoms with Crippen LogP contribution in [0.15, 0.2) is 72.8 Å². The Kier molecular flexibility index (Phi) is 4.34. The lowest BCUT2D eigenvalue weighted by molar-refractivity contribution is 0.144. The topological polar surface area (TPSA) is 64.4 Å². The third-order valence-electron chi connectivity index (χ3n) is 4.54. The van der Waals surface area contributed by atoms with Gasteiger partial charge < -0.3 is 14.4 Å². The predicted octanol–water partition coefficient (Wildman–Crippen LogP) is 5.12. The molecule has 4 rings (SSSR count). The molecule has 4 aromatic rings. The average molecular weight is 358 g/mol. The highest BCUT2D eigenvalue weighted by Gasteiger charge is 2.10. The standard InChI is InChI=1S/C22H18N2O3/c1-15-23-19-7-3-4-8-20(19)24(15)14-16-10-12-17(13-11-16)18-6-2-5-9-21(18)27-22(25)26/h2-13H,14H2,1H3,(H,25,26). The normalized spacial score (nSPS) is 10.9. The van der Waals surface area contributed by atoms with E-state index in [4.69, 9.17) is 9.84 Å². The van der Waals surface area contributed by atoms with Crippen LogP contribution < -0.4 is 4.74 Å². The number of hydrogen-bond acceptors (Lipinski definition) is 3. The lowest BCUT2D eigenvalue weighted by Crippen LogP contribution is -2.04. The molecule has 5 nitrogen and oxygen atoms in total. The van der Waals surface area contributed by atoms with Gasteiger partial charge in [-0.25, -0.2) is 9.78 Å². The van der Waals surface area contributed by atoms with E-state index in [1.54, 1.807) is 12.1 Å². The van der Waals surface area contributed by atoms with Crippen LogP contribution >= 0.6 is 0 Å². The summed E-state index contributed by atoms with van der Waals surface area (Å²) in [5.41, 5.74) is 4.89. The molecule has 1 aromatic heterocycles. The average Bonchev–Trinajstić information content (AvgIpc) is 2.98. The smallest absolute Gasteiger partial charge is 0.449 e. The molecule has 0 aliphatic carbocycles. The van der Waals surface area contributed by atoms with Crippen molar-refractivity contribution in [3.63, 3.8) is 0 Å². The molecule has 0 spiro atoms. The highest BCUT2D eigenvalue weighted by atomic mass is 16.7. The lowest BCUT2D eigenvalue weighted by Gasteiger charge is -2.10. The van der Waals surface area contributed by atoms with E-state index in [0.29, 0.717) is 5.75 Å². The van der Waals surface area contributed by atoms with Crippen molar-refractivity contribution >= 4 is 17.2 Å². The number of para-hydroxylation sites is 3. The first-order valence-corrected chi connectivity index (χ1v) is 8.63. The van der Waals surface area contributed by atoms with Crippen LogP contribution in [-0.2, 0) is 6.54 Å². The summed E-state index contributed by atoms with van der Waals surface area (Å²) in [6.45, 7) is 2.73. The number of nitrogens with zero attached hydrogens (tertiary/aromatic N) is 2. The van der Waals surface area contributed by atoms with Crippen LogP contribution in [0.1, 0.15) is 11.4 Å². The van der Waals surface area contributed by atoms with Crippen molar-refractivity contribution in [1.29, 1.82) is 0 Å². The van der Waals surface area contributed by atoms with Crippen LogP contribution in [0.2, 0.25) is 0 Å². The van der Waals surface area contributed by atoms with Gasteiger partial charge in [0.25, 0.3) is 0 Å². The molecule has 5 heteroatoms. The Hall–Kier alpha value is -3.60. The molecular weight excluding hydrogens is 340 g/mol. The van der Waals surface area contributed by atoms with Crippen LogP contribution in [0, 0.1) is 6.92 Å². The first-order chi connectivity index (χ1) is 13.1. The summed E-state index contributed by atoms with van der Waals surface area (Å²) in [5, 5.41) is 8.91. The van der Waals surface area contributed by atoms with Gasteiger partial charge in [0.05, 0.1) is 11.0 Å². The van der Waals surface area contributed by atoms with Gasteiger partial charge >= 0.3 is 6.16 Å². The van der Waals surface area contributed by atoms with Gasteiger partial charge in [-0.1, -0.05) is 54.6 Å². The molecule has 0 aliphatic rings. The summed E-state index contributed by atoms with van der Waals surface area (Å²) >= 11 is 0. The van der Waals surface area contributed by atoms with E-state index >= 15 is 0 Å². The van der Waals surface area contributed by atoms with Crippen LogP contribution in [0.4, 0.5) is 4.79 Å². The van der Waals surface area contributed by atoms with Gasteiger partial charge in [-0.3, -0.25) is 0 Å². The molecule has 1 heterocycles. The number of rotatable bonds is 4. The van der Waals surface area contributed by atoms with Crippen LogP contribution in [0.25, 0.3) is 22.2 Å². The van der Waals surface area contributed by atoms with E-state index in [2.05, 4.69) is 15.6 Å². The minimum Gasteiger partial charge on any atom is -0.449 e. The summed E-state index contributed by atoms with van der Waals surface area (Å²) in [6, 6.07) is 23.3. The monoisotopic (exact) mass is 358 g/mol. The maximum absolute atomic E-state index is 10.9. The van der Waals surface area contributed by atoms with Crippen LogP contribution in [0.5, 0.6) is 5.75 Å². The molecule has 0 radical (unpaired) electrons. The molecule has 0 atom stereocenters. The Morgan fingerprint density at radius 2 is 1.70 bits per heavy atom. The molecular formula is C22H18N2O3. The van der Waals surface area contributed by atoms with Crippen molar-refractivity contribution in [1.82, 2.24) is 9.55 Å². The third-order valence-corrected chi connectivity index (χ3v) is 4.54. The second kappa shape index (κ2) is 6.96. The fourth-order valence-corrected chi connectivity index (χ4v) is 3.26. The van der Waals surface area contributed by atoms with Gasteiger partial charge in [-0.2, -0.15) is 0 Å². The van der Waals surface area contributed by atoms with E-state index in [9.17, 15) is 4.79 Å². The lowest BCUT2D eigenvalue weighted by atomic mass is 10.0. The van der Waals surface area contributed by atoms with Crippen molar-refractivity contribution in [2.45, 2.75) is 13.5 Å². The maximum Gasteiger partial charge on any atom is 0.511 e. The number of imidazole rings is 1. The Balaban J connectivity index is 1.63. The number of carboxylic acid groups (broad SMARTS) is 1. The number of aryl methyl sites for hydroxylation is 1. The summed E-state index contributed by atoms with van der Waals surface area (Å²) in [6.07, 6.45) is -1.32. The molecule has 0 saturated heterocycles. The van der Waals surface area contributed by atoms with Gasteiger partial charge in [-0.05, 0) is 36.2 Å². The fourth-order valence-electron chi connectivity index (χ4n) is 3.26. The van der Waals surface area contributed by atoms with Gasteiger partial charge in [-0.15, -0.1) is 0 Å². The number of ether oxygens (including phenoxy) is 1. The molecule has 27 heavy (non-hydrogen) atoms. The summed E-state index contributed by atoms with van der Waals surface area (Å²) < 4.78 is 7.07. The quantitative estimate of drug-likeness (QED) is 0.406. The van der Waals surface area contributed by atoms with E-state index in [0.717, 1.165) is 40.1 Å². The Morgan fingerprint density at radius 1 is 1.00 bits per heavy atom. The zero-order valence-electron chi connectivity index (χ0n) is 14.8. The van der Waals surface area contributed by atoms with Crippen molar-refractivity contribution in [3.8, 4) is 16.9 Å². The number of hydrogen-bond donors (Lipinski definition) is 1. The van der Waals surface area contributed by atoms with Gasteiger partial charge in [0.15, 0.2) is 0 Å².